The molecule has 0 saturated carbocycles. The molecule has 0 aliphatic carbocycles. The molecule has 0 aliphatic heterocycles. The predicted molar refractivity (Wildman–Crippen MR) is 101 cm³/mol. The maximum atomic E-state index is 5.40. The molecule has 0 radical (unpaired) electrons. The van der Waals surface area contributed by atoms with E-state index in [1.54, 1.807) is 13.2 Å². The average Bonchev–Trinajstić information content (AvgIpc) is 2.68. The van der Waals surface area contributed by atoms with E-state index in [0.717, 1.165) is 35.6 Å². The lowest BCUT2D eigenvalue weighted by atomic mass is 10.2. The molecular weight excluding hydrogens is 332 g/mol. The maximum absolute atomic E-state index is 5.40. The zero-order chi connectivity index (χ0) is 18.8. The van der Waals surface area contributed by atoms with Gasteiger partial charge in [0.1, 0.15) is 25.1 Å². The largest absolute Gasteiger partial charge is 0.481 e. The molecule has 0 unspecified atom stereocenters. The zero-order valence-corrected chi connectivity index (χ0v) is 15.6. The molecule has 0 aromatic carbocycles. The number of oxime groups is 2. The van der Waals surface area contributed by atoms with Crippen molar-refractivity contribution in [3.63, 3.8) is 0 Å². The van der Waals surface area contributed by atoms with Crippen LogP contribution in [0.1, 0.15) is 37.4 Å². The molecule has 0 fully saturated rings. The van der Waals surface area contributed by atoms with E-state index in [9.17, 15) is 0 Å². The fourth-order valence-corrected chi connectivity index (χ4v) is 2.24. The molecule has 0 aliphatic rings. The Bertz CT molecular complexity index is 775. The van der Waals surface area contributed by atoms with Gasteiger partial charge in [-0.1, -0.05) is 22.4 Å². The first kappa shape index (κ1) is 19.4. The number of nitrogens with zero attached hydrogens (tertiary/aromatic N) is 4. The molecule has 0 amide bonds. The molecule has 2 aromatic rings. The quantitative estimate of drug-likeness (QED) is 0.392. The predicted octanol–water partition coefficient (Wildman–Crippen LogP) is 3.23. The Morgan fingerprint density at radius 1 is 0.923 bits per heavy atom. The smallest absolute Gasteiger partial charge is 0.213 e. The summed E-state index contributed by atoms with van der Waals surface area (Å²) in [6.45, 7) is 4.21. The van der Waals surface area contributed by atoms with Gasteiger partial charge in [0.25, 0.3) is 0 Å². The molecular formula is C19H24N4O3. The Labute approximate surface area is 153 Å². The molecule has 2 heterocycles. The second kappa shape index (κ2) is 10.1. The van der Waals surface area contributed by atoms with Crippen molar-refractivity contribution < 1.29 is 14.4 Å². The third kappa shape index (κ3) is 5.84. The van der Waals surface area contributed by atoms with Crippen LogP contribution in [0.2, 0.25) is 0 Å². The van der Waals surface area contributed by atoms with Crippen LogP contribution in [0.3, 0.4) is 0 Å². The lowest BCUT2D eigenvalue weighted by Crippen LogP contribution is -2.04. The molecule has 26 heavy (non-hydrogen) atoms. The van der Waals surface area contributed by atoms with Crippen molar-refractivity contribution in [1.82, 2.24) is 9.97 Å². The van der Waals surface area contributed by atoms with Crippen molar-refractivity contribution in [1.29, 1.82) is 0 Å². The Balaban J connectivity index is 1.83. The van der Waals surface area contributed by atoms with Gasteiger partial charge in [-0.15, -0.1) is 0 Å². The van der Waals surface area contributed by atoms with Crippen LogP contribution in [-0.2, 0) is 16.1 Å². The fourth-order valence-electron chi connectivity index (χ4n) is 2.24. The first-order chi connectivity index (χ1) is 12.6. The minimum Gasteiger partial charge on any atom is -0.481 e. The second-order valence-electron chi connectivity index (χ2n) is 5.55. The van der Waals surface area contributed by atoms with Crippen LogP contribution in [0.5, 0.6) is 5.88 Å². The SMILES string of the molecule is CON=C(C)c1cccc(CCCON=C(C)c2cccc(OC)n2)n1. The Morgan fingerprint density at radius 2 is 1.62 bits per heavy atom. The number of aromatic nitrogens is 2. The summed E-state index contributed by atoms with van der Waals surface area (Å²) in [6.07, 6.45) is 1.60. The van der Waals surface area contributed by atoms with Crippen molar-refractivity contribution in [3.05, 3.63) is 53.5 Å². The number of pyridine rings is 2. The van der Waals surface area contributed by atoms with E-state index in [-0.39, 0.29) is 0 Å². The summed E-state index contributed by atoms with van der Waals surface area (Å²) < 4.78 is 5.11. The van der Waals surface area contributed by atoms with E-state index in [1.807, 2.05) is 44.2 Å². The average molecular weight is 356 g/mol. The van der Waals surface area contributed by atoms with Gasteiger partial charge in [-0.05, 0) is 44.9 Å². The van der Waals surface area contributed by atoms with E-state index in [2.05, 4.69) is 20.3 Å². The Hall–Kier alpha value is -2.96. The molecule has 7 nitrogen and oxygen atoms in total. The highest BCUT2D eigenvalue weighted by molar-refractivity contribution is 5.97. The van der Waals surface area contributed by atoms with Crippen molar-refractivity contribution >= 4 is 11.4 Å². The van der Waals surface area contributed by atoms with Crippen molar-refractivity contribution in [2.45, 2.75) is 26.7 Å². The topological polar surface area (TPSA) is 78.2 Å². The number of rotatable bonds is 9. The van der Waals surface area contributed by atoms with Gasteiger partial charge in [-0.3, -0.25) is 4.98 Å². The Morgan fingerprint density at radius 3 is 2.35 bits per heavy atom. The summed E-state index contributed by atoms with van der Waals surface area (Å²) >= 11 is 0. The van der Waals surface area contributed by atoms with Crippen LogP contribution in [0, 0.1) is 0 Å². The Kier molecular flexibility index (Phi) is 7.54. The van der Waals surface area contributed by atoms with Crippen LogP contribution >= 0.6 is 0 Å². The molecule has 0 spiro atoms. The van der Waals surface area contributed by atoms with Gasteiger partial charge in [0.2, 0.25) is 5.88 Å². The molecule has 0 N–H and O–H groups in total. The summed E-state index contributed by atoms with van der Waals surface area (Å²) in [4.78, 5) is 19.1. The fraction of sp³-hybridized carbons (Fsp3) is 0.368. The van der Waals surface area contributed by atoms with E-state index < -0.39 is 0 Å². The van der Waals surface area contributed by atoms with E-state index >= 15 is 0 Å². The van der Waals surface area contributed by atoms with Gasteiger partial charge in [0, 0.05) is 11.8 Å². The van der Waals surface area contributed by atoms with Crippen LogP contribution in [-0.4, -0.2) is 42.2 Å². The summed E-state index contributed by atoms with van der Waals surface area (Å²) in [6, 6.07) is 11.4. The summed E-state index contributed by atoms with van der Waals surface area (Å²) in [7, 11) is 3.11. The molecule has 0 bridgehead atoms. The second-order valence-corrected chi connectivity index (χ2v) is 5.55. The van der Waals surface area contributed by atoms with Crippen LogP contribution in [0.4, 0.5) is 0 Å². The highest BCUT2D eigenvalue weighted by atomic mass is 16.6. The minimum absolute atomic E-state index is 0.498. The summed E-state index contributed by atoms with van der Waals surface area (Å²) in [5.41, 5.74) is 3.97. The molecule has 2 rings (SSSR count). The van der Waals surface area contributed by atoms with E-state index in [4.69, 9.17) is 14.4 Å². The van der Waals surface area contributed by atoms with Crippen LogP contribution < -0.4 is 4.74 Å². The first-order valence-corrected chi connectivity index (χ1v) is 8.36. The van der Waals surface area contributed by atoms with Crippen molar-refractivity contribution in [2.24, 2.45) is 10.3 Å². The van der Waals surface area contributed by atoms with Gasteiger partial charge in [0.05, 0.1) is 18.5 Å². The molecule has 0 atom stereocenters. The van der Waals surface area contributed by atoms with Gasteiger partial charge in [-0.25, -0.2) is 4.98 Å². The van der Waals surface area contributed by atoms with Crippen LogP contribution in [0.15, 0.2) is 46.7 Å². The standard InChI is InChI=1S/C19H24N4O3/c1-14(22-25-4)17-10-5-8-16(20-17)9-7-13-26-23-15(2)18-11-6-12-19(21-18)24-3/h5-6,8,10-12H,7,9,13H2,1-4H3. The number of methoxy groups -OCH3 is 1. The van der Waals surface area contributed by atoms with Crippen molar-refractivity contribution in [3.8, 4) is 5.88 Å². The van der Waals surface area contributed by atoms with Gasteiger partial charge >= 0.3 is 0 Å². The van der Waals surface area contributed by atoms with Gasteiger partial charge in [0.15, 0.2) is 0 Å². The third-order valence-electron chi connectivity index (χ3n) is 3.58. The lowest BCUT2D eigenvalue weighted by molar-refractivity contribution is 0.141. The number of hydrogen-bond acceptors (Lipinski definition) is 7. The normalized spacial score (nSPS) is 12.0. The first-order valence-electron chi connectivity index (χ1n) is 8.36. The number of ether oxygens (including phenoxy) is 1. The summed E-state index contributed by atoms with van der Waals surface area (Å²) in [5, 5.41) is 8.02. The van der Waals surface area contributed by atoms with Crippen LogP contribution in [0.25, 0.3) is 0 Å². The van der Waals surface area contributed by atoms with Gasteiger partial charge < -0.3 is 14.4 Å². The molecule has 0 saturated heterocycles. The minimum atomic E-state index is 0.498. The number of hydrogen-bond donors (Lipinski definition) is 0. The zero-order valence-electron chi connectivity index (χ0n) is 15.6. The molecule has 2 aromatic heterocycles. The maximum Gasteiger partial charge on any atom is 0.213 e. The van der Waals surface area contributed by atoms with Crippen molar-refractivity contribution in [2.75, 3.05) is 20.8 Å². The van der Waals surface area contributed by atoms with E-state index in [1.165, 1.54) is 7.11 Å². The molecule has 138 valence electrons. The van der Waals surface area contributed by atoms with E-state index in [0.29, 0.717) is 18.2 Å². The van der Waals surface area contributed by atoms with Gasteiger partial charge in [-0.2, -0.15) is 0 Å². The number of aryl methyl sites for hydroxylation is 1. The highest BCUT2D eigenvalue weighted by Gasteiger charge is 2.04. The highest BCUT2D eigenvalue weighted by Crippen LogP contribution is 2.08. The molecule has 7 heteroatoms. The summed E-state index contributed by atoms with van der Waals surface area (Å²) in [5.74, 6) is 0.551. The monoisotopic (exact) mass is 356 g/mol. The third-order valence-corrected chi connectivity index (χ3v) is 3.58. The lowest BCUT2D eigenvalue weighted by Gasteiger charge is -2.05.